The fourth-order valence-corrected chi connectivity index (χ4v) is 4.70. The first kappa shape index (κ1) is 28.5. The van der Waals surface area contributed by atoms with Crippen molar-refractivity contribution in [3.63, 3.8) is 0 Å². The van der Waals surface area contributed by atoms with Crippen LogP contribution in [0.5, 0.6) is 0 Å². The highest BCUT2D eigenvalue weighted by Gasteiger charge is 2.09. The van der Waals surface area contributed by atoms with Gasteiger partial charge in [-0.15, -0.1) is 0 Å². The van der Waals surface area contributed by atoms with Crippen LogP contribution in [0.25, 0.3) is 50.7 Å². The lowest BCUT2D eigenvalue weighted by atomic mass is 10.1. The average molecular weight is 591 g/mol. The number of benzene rings is 2. The van der Waals surface area contributed by atoms with E-state index >= 15 is 0 Å². The molecule has 0 aliphatic heterocycles. The van der Waals surface area contributed by atoms with Gasteiger partial charge in [0.1, 0.15) is 5.17 Å². The van der Waals surface area contributed by atoms with Crippen molar-refractivity contribution in [1.29, 1.82) is 0 Å². The minimum atomic E-state index is 0.378. The second-order valence-electron chi connectivity index (χ2n) is 9.94. The Morgan fingerprint density at radius 1 is 0.523 bits per heavy atom. The van der Waals surface area contributed by atoms with Crippen molar-refractivity contribution < 1.29 is 0 Å². The maximum absolute atomic E-state index is 6.20. The normalized spacial score (nSPS) is 11.8. The molecular weight excluding hydrogens is 564 g/mol. The van der Waals surface area contributed by atoms with Gasteiger partial charge >= 0.3 is 0 Å². The smallest absolute Gasteiger partial charge is 0.161 e. The molecule has 6 nitrogen and oxygen atoms in total. The second-order valence-corrected chi connectivity index (χ2v) is 10.5. The van der Waals surface area contributed by atoms with Crippen LogP contribution < -0.4 is 0 Å². The lowest BCUT2D eigenvalue weighted by molar-refractivity contribution is 1.28. The number of hydrogen-bond acceptors (Lipinski definition) is 5. The number of aliphatic imine (C=N–C) groups is 2. The molecule has 0 amide bonds. The first-order chi connectivity index (χ1) is 21.5. The van der Waals surface area contributed by atoms with Gasteiger partial charge in [-0.05, 0) is 61.0 Å². The van der Waals surface area contributed by atoms with Crippen LogP contribution in [0.3, 0.4) is 0 Å². The molecule has 0 radical (unpaired) electrons. The topological polar surface area (TPSA) is 76.3 Å². The maximum Gasteiger partial charge on any atom is 0.161 e. The van der Waals surface area contributed by atoms with Crippen LogP contribution in [0.1, 0.15) is 18.1 Å². The summed E-state index contributed by atoms with van der Waals surface area (Å²) in [5, 5.41) is 0.378. The Balaban J connectivity index is 1.19. The highest BCUT2D eigenvalue weighted by molar-refractivity contribution is 6.65. The summed E-state index contributed by atoms with van der Waals surface area (Å²) in [6.45, 7) is 5.93. The van der Waals surface area contributed by atoms with Gasteiger partial charge in [0.15, 0.2) is 5.84 Å². The van der Waals surface area contributed by atoms with Crippen LogP contribution in [-0.4, -0.2) is 30.9 Å². The van der Waals surface area contributed by atoms with Crippen molar-refractivity contribution in [3.05, 3.63) is 152 Å². The fourth-order valence-electron chi connectivity index (χ4n) is 4.62. The van der Waals surface area contributed by atoms with Gasteiger partial charge in [-0.2, -0.15) is 0 Å². The first-order valence-electron chi connectivity index (χ1n) is 14.0. The molecule has 44 heavy (non-hydrogen) atoms. The molecule has 0 N–H and O–H groups in total. The summed E-state index contributed by atoms with van der Waals surface area (Å²) in [6, 6.07) is 35.6. The summed E-state index contributed by atoms with van der Waals surface area (Å²) in [4.78, 5) is 27.3. The summed E-state index contributed by atoms with van der Waals surface area (Å²) in [6.07, 6.45) is 7.23. The number of rotatable bonds is 7. The minimum absolute atomic E-state index is 0.378. The molecule has 0 fully saturated rings. The zero-order chi connectivity index (χ0) is 30.3. The predicted octanol–water partition coefficient (Wildman–Crippen LogP) is 9.01. The molecule has 0 saturated heterocycles. The molecule has 212 valence electrons. The van der Waals surface area contributed by atoms with E-state index in [1.165, 1.54) is 0 Å². The van der Waals surface area contributed by atoms with Gasteiger partial charge in [-0.1, -0.05) is 78.8 Å². The molecule has 0 atom stereocenters. The standard InChI is InChI=1S/C37H27ClN6/c1-25(27-9-11-28(12-10-27)35-19-17-31(23-41-35)33-7-3-5-21-39-33)43-37(44-26(2)38)30-15-13-29(14-16-30)36-20-18-32(24-42-36)34-8-4-6-22-40-34/h3-24H,1H2,2H3/b43-37-,44-26+. The van der Waals surface area contributed by atoms with Crippen LogP contribution in [0.4, 0.5) is 0 Å². The highest BCUT2D eigenvalue weighted by Crippen LogP contribution is 2.25. The average Bonchev–Trinajstić information content (AvgIpc) is 3.09. The van der Waals surface area contributed by atoms with E-state index in [0.717, 1.165) is 56.2 Å². The van der Waals surface area contributed by atoms with E-state index < -0.39 is 0 Å². The number of aromatic nitrogens is 4. The Hall–Kier alpha value is -5.59. The van der Waals surface area contributed by atoms with Gasteiger partial charge in [0.25, 0.3) is 0 Å². The molecule has 0 aliphatic rings. The summed E-state index contributed by atoms with van der Waals surface area (Å²) < 4.78 is 0. The maximum atomic E-state index is 6.20. The molecule has 4 aromatic heterocycles. The Labute approximate surface area is 261 Å². The van der Waals surface area contributed by atoms with Crippen LogP contribution in [0.15, 0.2) is 151 Å². The quantitative estimate of drug-likeness (QED) is 0.137. The third-order valence-corrected chi connectivity index (χ3v) is 6.99. The largest absolute Gasteiger partial charge is 0.256 e. The van der Waals surface area contributed by atoms with Gasteiger partial charge in [0, 0.05) is 52.6 Å². The first-order valence-corrected chi connectivity index (χ1v) is 14.4. The van der Waals surface area contributed by atoms with Crippen molar-refractivity contribution in [2.75, 3.05) is 0 Å². The van der Waals surface area contributed by atoms with Crippen molar-refractivity contribution in [2.45, 2.75) is 6.92 Å². The molecule has 0 spiro atoms. The van der Waals surface area contributed by atoms with E-state index in [2.05, 4.69) is 31.5 Å². The highest BCUT2D eigenvalue weighted by atomic mass is 35.5. The summed E-state index contributed by atoms with van der Waals surface area (Å²) in [7, 11) is 0. The van der Waals surface area contributed by atoms with E-state index in [-0.39, 0.29) is 0 Å². The third-order valence-electron chi connectivity index (χ3n) is 6.90. The molecule has 4 heterocycles. The van der Waals surface area contributed by atoms with E-state index in [9.17, 15) is 0 Å². The van der Waals surface area contributed by atoms with Crippen LogP contribution in [-0.2, 0) is 0 Å². The van der Waals surface area contributed by atoms with E-state index in [1.807, 2.05) is 122 Å². The second kappa shape index (κ2) is 13.2. The van der Waals surface area contributed by atoms with Crippen molar-refractivity contribution in [3.8, 4) is 45.0 Å². The van der Waals surface area contributed by atoms with Crippen LogP contribution in [0.2, 0.25) is 0 Å². The monoisotopic (exact) mass is 590 g/mol. The summed E-state index contributed by atoms with van der Waals surface area (Å²) >= 11 is 6.20. The van der Waals surface area contributed by atoms with Gasteiger partial charge in [-0.3, -0.25) is 19.9 Å². The van der Waals surface area contributed by atoms with Crippen molar-refractivity contribution >= 4 is 28.3 Å². The van der Waals surface area contributed by atoms with Crippen LogP contribution >= 0.6 is 11.6 Å². The zero-order valence-electron chi connectivity index (χ0n) is 24.0. The lowest BCUT2D eigenvalue weighted by Gasteiger charge is -2.08. The number of amidine groups is 1. The Morgan fingerprint density at radius 2 is 0.977 bits per heavy atom. The number of nitrogens with zero attached hydrogens (tertiary/aromatic N) is 6. The molecule has 6 aromatic rings. The Kier molecular flexibility index (Phi) is 8.53. The molecule has 0 unspecified atom stereocenters. The minimum Gasteiger partial charge on any atom is -0.256 e. The number of hydrogen-bond donors (Lipinski definition) is 0. The van der Waals surface area contributed by atoms with Gasteiger partial charge in [0.05, 0.1) is 28.5 Å². The van der Waals surface area contributed by atoms with E-state index in [1.54, 1.807) is 19.3 Å². The summed E-state index contributed by atoms with van der Waals surface area (Å²) in [5.74, 6) is 0.475. The van der Waals surface area contributed by atoms with Gasteiger partial charge in [0.2, 0.25) is 0 Å². The number of pyridine rings is 4. The fraction of sp³-hybridized carbons (Fsp3) is 0.0270. The molecule has 0 saturated carbocycles. The van der Waals surface area contributed by atoms with Crippen molar-refractivity contribution in [1.82, 2.24) is 19.9 Å². The Morgan fingerprint density at radius 3 is 1.39 bits per heavy atom. The van der Waals surface area contributed by atoms with Gasteiger partial charge in [-0.25, -0.2) is 9.98 Å². The van der Waals surface area contributed by atoms with Gasteiger partial charge < -0.3 is 0 Å². The Bertz CT molecular complexity index is 1930. The number of halogens is 1. The predicted molar refractivity (Wildman–Crippen MR) is 180 cm³/mol. The zero-order valence-corrected chi connectivity index (χ0v) is 24.7. The molecule has 0 bridgehead atoms. The van der Waals surface area contributed by atoms with E-state index in [0.29, 0.717) is 16.7 Å². The van der Waals surface area contributed by atoms with Crippen molar-refractivity contribution in [2.24, 2.45) is 9.98 Å². The molecule has 6 rings (SSSR count). The molecule has 2 aromatic carbocycles. The summed E-state index contributed by atoms with van der Waals surface area (Å²) in [5.41, 5.74) is 9.67. The molecule has 0 aliphatic carbocycles. The molecule has 7 heteroatoms. The third kappa shape index (κ3) is 6.72. The molecular formula is C37H27ClN6. The SMILES string of the molecule is C=C(/N=C(\N=C(/C)Cl)c1ccc(-c2ccc(-c3ccccn3)cn2)cc1)c1ccc(-c2ccc(-c3ccccn3)cn2)cc1. The lowest BCUT2D eigenvalue weighted by Crippen LogP contribution is -2.00. The van der Waals surface area contributed by atoms with Crippen LogP contribution in [0, 0.1) is 0 Å². The van der Waals surface area contributed by atoms with E-state index in [4.69, 9.17) is 16.6 Å².